The van der Waals surface area contributed by atoms with Gasteiger partial charge in [0.1, 0.15) is 0 Å². The number of thiazole rings is 1. The number of carbonyl (C=O) groups is 1. The first kappa shape index (κ1) is 20.3. The van der Waals surface area contributed by atoms with Crippen molar-refractivity contribution < 1.29 is 13.2 Å². The summed E-state index contributed by atoms with van der Waals surface area (Å²) >= 11 is 7.66. The SMILES string of the molecule is Cc1sc2nc(NC(=O)c3cc(S(=O)(=O)N4CCCCC4)ccc3Cl)nn2c1C. The van der Waals surface area contributed by atoms with Crippen LogP contribution >= 0.6 is 22.9 Å². The molecule has 1 aromatic carbocycles. The fourth-order valence-corrected chi connectivity index (χ4v) is 5.91. The van der Waals surface area contributed by atoms with Gasteiger partial charge in [-0.05, 0) is 44.9 Å². The molecule has 0 spiro atoms. The molecule has 0 unspecified atom stereocenters. The van der Waals surface area contributed by atoms with E-state index >= 15 is 0 Å². The number of nitrogens with zero attached hydrogens (tertiary/aromatic N) is 4. The molecule has 1 saturated heterocycles. The Morgan fingerprint density at radius 3 is 2.62 bits per heavy atom. The number of sulfonamides is 1. The highest BCUT2D eigenvalue weighted by Gasteiger charge is 2.27. The number of anilines is 1. The predicted molar refractivity (Wildman–Crippen MR) is 112 cm³/mol. The molecule has 0 aliphatic carbocycles. The van der Waals surface area contributed by atoms with Gasteiger partial charge in [0.25, 0.3) is 11.9 Å². The van der Waals surface area contributed by atoms with Gasteiger partial charge in [-0.15, -0.1) is 5.10 Å². The number of halogens is 1. The zero-order valence-corrected chi connectivity index (χ0v) is 18.4. The third-order valence-electron chi connectivity index (χ3n) is 5.01. The van der Waals surface area contributed by atoms with E-state index in [1.54, 1.807) is 4.52 Å². The van der Waals surface area contributed by atoms with Crippen LogP contribution in [0.3, 0.4) is 0 Å². The van der Waals surface area contributed by atoms with Crippen molar-refractivity contribution in [2.24, 2.45) is 0 Å². The molecule has 1 N–H and O–H groups in total. The van der Waals surface area contributed by atoms with E-state index in [0.717, 1.165) is 29.8 Å². The van der Waals surface area contributed by atoms with Crippen molar-refractivity contribution in [2.75, 3.05) is 18.4 Å². The van der Waals surface area contributed by atoms with Gasteiger partial charge in [-0.25, -0.2) is 12.9 Å². The van der Waals surface area contributed by atoms with Gasteiger partial charge >= 0.3 is 0 Å². The van der Waals surface area contributed by atoms with Crippen LogP contribution in [-0.2, 0) is 10.0 Å². The van der Waals surface area contributed by atoms with Crippen LogP contribution in [0.4, 0.5) is 5.95 Å². The van der Waals surface area contributed by atoms with Crippen LogP contribution in [0.2, 0.25) is 5.02 Å². The van der Waals surface area contributed by atoms with Crippen LogP contribution in [0.5, 0.6) is 0 Å². The first-order chi connectivity index (χ1) is 13.8. The molecule has 154 valence electrons. The summed E-state index contributed by atoms with van der Waals surface area (Å²) in [5, 5.41) is 7.06. The number of hydrogen-bond acceptors (Lipinski definition) is 6. The van der Waals surface area contributed by atoms with Crippen LogP contribution in [0, 0.1) is 13.8 Å². The van der Waals surface area contributed by atoms with Crippen LogP contribution in [-0.4, -0.2) is 46.3 Å². The van der Waals surface area contributed by atoms with Gasteiger partial charge in [0, 0.05) is 18.0 Å². The zero-order chi connectivity index (χ0) is 20.8. The highest BCUT2D eigenvalue weighted by atomic mass is 35.5. The van der Waals surface area contributed by atoms with Gasteiger partial charge in [-0.2, -0.15) is 9.29 Å². The van der Waals surface area contributed by atoms with E-state index in [9.17, 15) is 13.2 Å². The maximum Gasteiger partial charge on any atom is 0.259 e. The van der Waals surface area contributed by atoms with Crippen LogP contribution in [0.15, 0.2) is 23.1 Å². The standard InChI is InChI=1S/C18H20ClN5O3S2/c1-11-12(2)28-18-21-17(22-24(11)18)20-16(25)14-10-13(6-7-15(14)19)29(26,27)23-8-4-3-5-9-23/h6-7,10H,3-5,8-9H2,1-2H3,(H,20,22,25). The number of rotatable bonds is 4. The minimum atomic E-state index is -3.67. The van der Waals surface area contributed by atoms with Crippen LogP contribution < -0.4 is 5.32 Å². The molecule has 1 fully saturated rings. The number of aryl methyl sites for hydroxylation is 2. The van der Waals surface area contributed by atoms with E-state index in [0.29, 0.717) is 18.1 Å². The fourth-order valence-electron chi connectivity index (χ4n) is 3.26. The smallest absolute Gasteiger partial charge is 0.259 e. The Kier molecular flexibility index (Phi) is 5.36. The molecular formula is C18H20ClN5O3S2. The number of amides is 1. The minimum Gasteiger partial charge on any atom is -0.289 e. The highest BCUT2D eigenvalue weighted by Crippen LogP contribution is 2.26. The maximum atomic E-state index is 12.9. The Morgan fingerprint density at radius 1 is 1.21 bits per heavy atom. The van der Waals surface area contributed by atoms with Gasteiger partial charge in [0.2, 0.25) is 15.0 Å². The van der Waals surface area contributed by atoms with Gasteiger partial charge < -0.3 is 0 Å². The summed E-state index contributed by atoms with van der Waals surface area (Å²) < 4.78 is 28.9. The van der Waals surface area contributed by atoms with Crippen LogP contribution in [0.1, 0.15) is 40.2 Å². The normalized spacial score (nSPS) is 15.7. The number of nitrogens with one attached hydrogen (secondary N) is 1. The van der Waals surface area contributed by atoms with Crippen LogP contribution in [0.25, 0.3) is 4.96 Å². The highest BCUT2D eigenvalue weighted by molar-refractivity contribution is 7.89. The summed E-state index contributed by atoms with van der Waals surface area (Å²) in [6.07, 6.45) is 2.69. The number of fused-ring (bicyclic) bond motifs is 1. The van der Waals surface area contributed by atoms with Gasteiger partial charge in [-0.3, -0.25) is 10.1 Å². The molecule has 4 rings (SSSR count). The van der Waals surface area contributed by atoms with Crippen molar-refractivity contribution in [3.05, 3.63) is 39.4 Å². The molecule has 0 bridgehead atoms. The van der Waals surface area contributed by atoms with Gasteiger partial charge in [0.05, 0.1) is 21.2 Å². The first-order valence-corrected chi connectivity index (χ1v) is 11.8. The summed E-state index contributed by atoms with van der Waals surface area (Å²) in [6.45, 7) is 4.87. The second-order valence-electron chi connectivity index (χ2n) is 6.93. The number of aromatic nitrogens is 3. The summed E-state index contributed by atoms with van der Waals surface area (Å²) in [5.74, 6) is -0.414. The lowest BCUT2D eigenvalue weighted by molar-refractivity contribution is 0.102. The zero-order valence-electron chi connectivity index (χ0n) is 16.0. The molecule has 3 aromatic rings. The maximum absolute atomic E-state index is 12.9. The Bertz CT molecular complexity index is 1200. The number of benzene rings is 1. The quantitative estimate of drug-likeness (QED) is 0.652. The van der Waals surface area contributed by atoms with E-state index < -0.39 is 15.9 Å². The van der Waals surface area contributed by atoms with Crippen molar-refractivity contribution in [2.45, 2.75) is 38.0 Å². The molecule has 8 nitrogen and oxygen atoms in total. The molecule has 1 aliphatic rings. The lowest BCUT2D eigenvalue weighted by Crippen LogP contribution is -2.35. The predicted octanol–water partition coefficient (Wildman–Crippen LogP) is 3.49. The molecule has 1 amide bonds. The summed E-state index contributed by atoms with van der Waals surface area (Å²) in [7, 11) is -3.67. The van der Waals surface area contributed by atoms with Crippen molar-refractivity contribution in [1.29, 1.82) is 0 Å². The molecule has 1 aliphatic heterocycles. The summed E-state index contributed by atoms with van der Waals surface area (Å²) in [4.78, 5) is 18.9. The summed E-state index contributed by atoms with van der Waals surface area (Å²) in [5.41, 5.74) is 1.02. The average Bonchev–Trinajstić information content (AvgIpc) is 3.20. The topological polar surface area (TPSA) is 96.7 Å². The van der Waals surface area contributed by atoms with E-state index in [1.807, 2.05) is 13.8 Å². The molecule has 0 saturated carbocycles. The Balaban J connectivity index is 1.61. The Hall–Kier alpha value is -2.01. The van der Waals surface area contributed by atoms with E-state index in [-0.39, 0.29) is 21.4 Å². The van der Waals surface area contributed by atoms with E-state index in [2.05, 4.69) is 15.4 Å². The van der Waals surface area contributed by atoms with Crippen molar-refractivity contribution in [3.63, 3.8) is 0 Å². The monoisotopic (exact) mass is 453 g/mol. The van der Waals surface area contributed by atoms with Crippen molar-refractivity contribution in [3.8, 4) is 0 Å². The first-order valence-electron chi connectivity index (χ1n) is 9.21. The Labute approximate surface area is 177 Å². The molecule has 0 atom stereocenters. The number of hydrogen-bond donors (Lipinski definition) is 1. The van der Waals surface area contributed by atoms with E-state index in [1.165, 1.54) is 33.8 Å². The Morgan fingerprint density at radius 2 is 1.93 bits per heavy atom. The largest absolute Gasteiger partial charge is 0.289 e. The van der Waals surface area contributed by atoms with Gasteiger partial charge in [-0.1, -0.05) is 29.4 Å². The van der Waals surface area contributed by atoms with Gasteiger partial charge in [0.15, 0.2) is 0 Å². The molecule has 0 radical (unpaired) electrons. The number of carbonyl (C=O) groups excluding carboxylic acids is 1. The third kappa shape index (κ3) is 3.77. The third-order valence-corrected chi connectivity index (χ3v) is 8.28. The summed E-state index contributed by atoms with van der Waals surface area (Å²) in [6, 6.07) is 4.18. The van der Waals surface area contributed by atoms with Crippen molar-refractivity contribution in [1.82, 2.24) is 18.9 Å². The molecule has 2 aromatic heterocycles. The second kappa shape index (κ2) is 7.67. The van der Waals surface area contributed by atoms with E-state index in [4.69, 9.17) is 11.6 Å². The fraction of sp³-hybridized carbons (Fsp3) is 0.389. The number of piperidine rings is 1. The molecule has 29 heavy (non-hydrogen) atoms. The molecular weight excluding hydrogens is 434 g/mol. The second-order valence-corrected chi connectivity index (χ2v) is 10.5. The lowest BCUT2D eigenvalue weighted by atomic mass is 10.2. The average molecular weight is 454 g/mol. The van der Waals surface area contributed by atoms with Crippen molar-refractivity contribution >= 4 is 49.8 Å². The molecule has 3 heterocycles. The minimum absolute atomic E-state index is 0.0548. The lowest BCUT2D eigenvalue weighted by Gasteiger charge is -2.26. The molecule has 11 heteroatoms.